The van der Waals surface area contributed by atoms with Crippen LogP contribution in [0, 0.1) is 0 Å². The summed E-state index contributed by atoms with van der Waals surface area (Å²) in [7, 11) is -3.25. The number of hydrogen-bond donors (Lipinski definition) is 3. The van der Waals surface area contributed by atoms with E-state index in [0.717, 1.165) is 13.2 Å². The number of carbonyl (C=O) groups is 1. The van der Waals surface area contributed by atoms with Gasteiger partial charge in [-0.15, -0.1) is 0 Å². The first-order valence-electron chi connectivity index (χ1n) is 5.24. The van der Waals surface area contributed by atoms with E-state index in [1.165, 1.54) is 6.92 Å². The number of likely N-dealkylation sites (N-methyl/N-ethyl adjacent to an activating group) is 1. The standard InChI is InChI=1S/C9H13N3O6S/c1-3-5(8(14)15)12(2)19(17,18)6-4-10-9(16)11-7(6)13/h4-5H,3H2,1-2H3,(H,14,15)(H2,10,11,13,16). The molecule has 1 atom stereocenters. The molecule has 106 valence electrons. The highest BCUT2D eigenvalue weighted by atomic mass is 32.2. The molecule has 1 aromatic heterocycles. The smallest absolute Gasteiger partial charge is 0.325 e. The highest BCUT2D eigenvalue weighted by Crippen LogP contribution is 2.13. The maximum atomic E-state index is 12.1. The van der Waals surface area contributed by atoms with Gasteiger partial charge < -0.3 is 10.1 Å². The topological polar surface area (TPSA) is 140 Å². The number of nitrogens with one attached hydrogen (secondary N) is 2. The van der Waals surface area contributed by atoms with E-state index >= 15 is 0 Å². The van der Waals surface area contributed by atoms with Crippen molar-refractivity contribution in [1.82, 2.24) is 14.3 Å². The number of aromatic nitrogens is 2. The third kappa shape index (κ3) is 2.90. The van der Waals surface area contributed by atoms with Crippen LogP contribution in [-0.2, 0) is 14.8 Å². The maximum absolute atomic E-state index is 12.1. The fraction of sp³-hybridized carbons (Fsp3) is 0.444. The molecule has 1 unspecified atom stereocenters. The lowest BCUT2D eigenvalue weighted by Crippen LogP contribution is -2.44. The Morgan fingerprint density at radius 2 is 2.05 bits per heavy atom. The second kappa shape index (κ2) is 5.36. The van der Waals surface area contributed by atoms with Crippen LogP contribution in [0.15, 0.2) is 20.7 Å². The van der Waals surface area contributed by atoms with Crippen LogP contribution in [0.3, 0.4) is 0 Å². The zero-order chi connectivity index (χ0) is 14.8. The van der Waals surface area contributed by atoms with Gasteiger partial charge >= 0.3 is 11.7 Å². The van der Waals surface area contributed by atoms with Crippen molar-refractivity contribution in [3.8, 4) is 0 Å². The van der Waals surface area contributed by atoms with Gasteiger partial charge in [-0.05, 0) is 6.42 Å². The summed E-state index contributed by atoms with van der Waals surface area (Å²) in [6, 6.07) is -1.30. The number of carboxylic acid groups (broad SMARTS) is 1. The molecular weight excluding hydrogens is 278 g/mol. The number of hydrogen-bond acceptors (Lipinski definition) is 5. The lowest BCUT2D eigenvalue weighted by molar-refractivity contribution is -0.141. The Labute approximate surface area is 107 Å². The number of aromatic amines is 2. The van der Waals surface area contributed by atoms with E-state index in [0.29, 0.717) is 4.31 Å². The van der Waals surface area contributed by atoms with Gasteiger partial charge in [0.15, 0.2) is 4.90 Å². The van der Waals surface area contributed by atoms with Crippen molar-refractivity contribution < 1.29 is 18.3 Å². The van der Waals surface area contributed by atoms with Crippen LogP contribution in [0.4, 0.5) is 0 Å². The van der Waals surface area contributed by atoms with Crippen LogP contribution in [0.2, 0.25) is 0 Å². The second-order valence-corrected chi connectivity index (χ2v) is 5.69. The zero-order valence-electron chi connectivity index (χ0n) is 10.2. The molecule has 1 rings (SSSR count). The molecule has 0 aliphatic rings. The number of sulfonamides is 1. The Kier molecular flexibility index (Phi) is 4.27. The predicted octanol–water partition coefficient (Wildman–Crippen LogP) is -1.45. The van der Waals surface area contributed by atoms with Gasteiger partial charge in [-0.3, -0.25) is 14.6 Å². The Bertz CT molecular complexity index is 688. The van der Waals surface area contributed by atoms with Crippen LogP contribution in [0.5, 0.6) is 0 Å². The Balaban J connectivity index is 3.35. The lowest BCUT2D eigenvalue weighted by Gasteiger charge is -2.22. The fourth-order valence-corrected chi connectivity index (χ4v) is 2.88. The molecule has 0 aromatic carbocycles. The Morgan fingerprint density at radius 3 is 2.47 bits per heavy atom. The highest BCUT2D eigenvalue weighted by Gasteiger charge is 2.33. The summed E-state index contributed by atoms with van der Waals surface area (Å²) in [4.78, 5) is 36.3. The summed E-state index contributed by atoms with van der Waals surface area (Å²) in [5.74, 6) is -1.32. The number of nitrogens with zero attached hydrogens (tertiary/aromatic N) is 1. The van der Waals surface area contributed by atoms with E-state index in [1.54, 1.807) is 4.98 Å². The largest absolute Gasteiger partial charge is 0.480 e. The molecule has 0 aliphatic heterocycles. The van der Waals surface area contributed by atoms with E-state index in [4.69, 9.17) is 5.11 Å². The van der Waals surface area contributed by atoms with Crippen molar-refractivity contribution in [3.05, 3.63) is 27.0 Å². The summed E-state index contributed by atoms with van der Waals surface area (Å²) >= 11 is 0. The van der Waals surface area contributed by atoms with E-state index in [-0.39, 0.29) is 6.42 Å². The number of aliphatic carboxylic acids is 1. The number of rotatable bonds is 5. The molecular formula is C9H13N3O6S. The summed E-state index contributed by atoms with van der Waals surface area (Å²) in [5, 5.41) is 8.92. The molecule has 0 bridgehead atoms. The summed E-state index contributed by atoms with van der Waals surface area (Å²) in [6.45, 7) is 1.50. The van der Waals surface area contributed by atoms with Crippen molar-refractivity contribution in [2.45, 2.75) is 24.3 Å². The summed E-state index contributed by atoms with van der Waals surface area (Å²) < 4.78 is 24.8. The Morgan fingerprint density at radius 1 is 1.47 bits per heavy atom. The van der Waals surface area contributed by atoms with Gasteiger partial charge in [0.1, 0.15) is 6.04 Å². The molecule has 1 aromatic rings. The molecule has 1 heterocycles. The summed E-state index contributed by atoms with van der Waals surface area (Å²) in [6.07, 6.45) is 0.772. The normalized spacial score (nSPS) is 13.4. The monoisotopic (exact) mass is 291 g/mol. The average molecular weight is 291 g/mol. The zero-order valence-corrected chi connectivity index (χ0v) is 11.0. The molecule has 0 spiro atoms. The molecule has 19 heavy (non-hydrogen) atoms. The number of carboxylic acids is 1. The van der Waals surface area contributed by atoms with Crippen LogP contribution < -0.4 is 11.2 Å². The van der Waals surface area contributed by atoms with Gasteiger partial charge in [0.2, 0.25) is 0 Å². The molecule has 0 aliphatic carbocycles. The third-order valence-corrected chi connectivity index (χ3v) is 4.42. The van der Waals surface area contributed by atoms with Gasteiger partial charge in [0.25, 0.3) is 15.6 Å². The van der Waals surface area contributed by atoms with Gasteiger partial charge in [-0.25, -0.2) is 13.2 Å². The first-order chi connectivity index (χ1) is 8.71. The van der Waals surface area contributed by atoms with Crippen molar-refractivity contribution >= 4 is 16.0 Å². The molecule has 0 saturated carbocycles. The van der Waals surface area contributed by atoms with Gasteiger partial charge in [-0.1, -0.05) is 6.92 Å². The SMILES string of the molecule is CCC(C(=O)O)N(C)S(=O)(=O)c1c[nH]c(=O)[nH]c1=O. The lowest BCUT2D eigenvalue weighted by atomic mass is 10.2. The minimum absolute atomic E-state index is 0.0340. The van der Waals surface area contributed by atoms with Gasteiger partial charge in [0.05, 0.1) is 0 Å². The first-order valence-corrected chi connectivity index (χ1v) is 6.68. The minimum atomic E-state index is -4.30. The number of H-pyrrole nitrogens is 2. The quantitative estimate of drug-likeness (QED) is 0.606. The molecule has 3 N–H and O–H groups in total. The van der Waals surface area contributed by atoms with E-state index < -0.39 is 38.2 Å². The van der Waals surface area contributed by atoms with E-state index in [1.807, 2.05) is 4.98 Å². The molecule has 0 radical (unpaired) electrons. The van der Waals surface area contributed by atoms with Crippen LogP contribution >= 0.6 is 0 Å². The van der Waals surface area contributed by atoms with Crippen LogP contribution in [0.1, 0.15) is 13.3 Å². The average Bonchev–Trinajstić information content (AvgIpc) is 2.28. The van der Waals surface area contributed by atoms with Crippen molar-refractivity contribution in [1.29, 1.82) is 0 Å². The van der Waals surface area contributed by atoms with Crippen molar-refractivity contribution in [2.75, 3.05) is 7.05 Å². The van der Waals surface area contributed by atoms with Crippen molar-refractivity contribution in [3.63, 3.8) is 0 Å². The molecule has 0 amide bonds. The van der Waals surface area contributed by atoms with Crippen LogP contribution in [0.25, 0.3) is 0 Å². The van der Waals surface area contributed by atoms with E-state index in [2.05, 4.69) is 0 Å². The third-order valence-electron chi connectivity index (χ3n) is 2.55. The van der Waals surface area contributed by atoms with Gasteiger partial charge in [0, 0.05) is 13.2 Å². The van der Waals surface area contributed by atoms with E-state index in [9.17, 15) is 22.8 Å². The first kappa shape index (κ1) is 15.1. The maximum Gasteiger partial charge on any atom is 0.325 e. The molecule has 0 saturated heterocycles. The Hall–Kier alpha value is -1.94. The highest BCUT2D eigenvalue weighted by molar-refractivity contribution is 7.89. The summed E-state index contributed by atoms with van der Waals surface area (Å²) in [5.41, 5.74) is -1.95. The van der Waals surface area contributed by atoms with Crippen LogP contribution in [-0.4, -0.2) is 46.9 Å². The molecule has 0 fully saturated rings. The second-order valence-electron chi connectivity index (χ2n) is 3.72. The molecule has 9 nitrogen and oxygen atoms in total. The predicted molar refractivity (Wildman–Crippen MR) is 64.3 cm³/mol. The molecule has 10 heteroatoms. The minimum Gasteiger partial charge on any atom is -0.480 e. The van der Waals surface area contributed by atoms with Crippen molar-refractivity contribution in [2.24, 2.45) is 0 Å². The fourth-order valence-electron chi connectivity index (χ4n) is 1.50. The van der Waals surface area contributed by atoms with Gasteiger partial charge in [-0.2, -0.15) is 4.31 Å².